The number of nitrogens with zero attached hydrogens (tertiary/aromatic N) is 2. The van der Waals surface area contributed by atoms with Gasteiger partial charge >= 0.3 is 0 Å². The van der Waals surface area contributed by atoms with Crippen LogP contribution in [0, 0.1) is 0 Å². The Balaban J connectivity index is 1.93. The molecule has 17 heavy (non-hydrogen) atoms. The predicted octanol–water partition coefficient (Wildman–Crippen LogP) is 2.46. The predicted molar refractivity (Wildman–Crippen MR) is 68.2 cm³/mol. The first kappa shape index (κ1) is 12.0. The molecule has 0 spiro atoms. The molecule has 1 amide bonds. The maximum absolute atomic E-state index is 11.7. The largest absolute Gasteiger partial charge is 0.324 e. The van der Waals surface area contributed by atoms with Crippen LogP contribution in [0.1, 0.15) is 10.7 Å². The van der Waals surface area contributed by atoms with Gasteiger partial charge in [0.1, 0.15) is 5.01 Å². The fourth-order valence-corrected chi connectivity index (χ4v) is 2.29. The average Bonchev–Trinajstić information content (AvgIpc) is 2.78. The molecule has 0 aromatic carbocycles. The van der Waals surface area contributed by atoms with E-state index in [0.29, 0.717) is 11.6 Å². The molecule has 0 fully saturated rings. The Hall–Kier alpha value is -1.46. The first-order valence-corrected chi connectivity index (χ1v) is 6.38. The van der Waals surface area contributed by atoms with Crippen molar-refractivity contribution in [1.82, 2.24) is 9.97 Å². The van der Waals surface area contributed by atoms with Crippen molar-refractivity contribution in [1.29, 1.82) is 0 Å². The third kappa shape index (κ3) is 3.51. The fourth-order valence-electron chi connectivity index (χ4n) is 1.27. The van der Waals surface area contributed by atoms with E-state index in [9.17, 15) is 4.79 Å². The standard InChI is InChI=1S/C11H10ClN3OS/c12-5-9-7-17-11(15-9)4-10(16)14-8-2-1-3-13-6-8/h1-3,6-7H,4-5H2,(H,14,16). The van der Waals surface area contributed by atoms with Crippen molar-refractivity contribution in [2.24, 2.45) is 0 Å². The number of alkyl halides is 1. The number of anilines is 1. The molecule has 0 atom stereocenters. The van der Waals surface area contributed by atoms with Crippen LogP contribution in [0.2, 0.25) is 0 Å². The molecule has 0 saturated carbocycles. The first-order valence-electron chi connectivity index (χ1n) is 4.97. The highest BCUT2D eigenvalue weighted by atomic mass is 35.5. The SMILES string of the molecule is O=C(Cc1nc(CCl)cs1)Nc1cccnc1. The van der Waals surface area contributed by atoms with Gasteiger partial charge in [0.25, 0.3) is 0 Å². The molecular formula is C11H10ClN3OS. The summed E-state index contributed by atoms with van der Waals surface area (Å²) in [4.78, 5) is 19.8. The average molecular weight is 268 g/mol. The summed E-state index contributed by atoms with van der Waals surface area (Å²) in [6, 6.07) is 3.56. The number of nitrogens with one attached hydrogen (secondary N) is 1. The molecule has 0 radical (unpaired) electrons. The van der Waals surface area contributed by atoms with Gasteiger partial charge in [-0.15, -0.1) is 22.9 Å². The summed E-state index contributed by atoms with van der Waals surface area (Å²) in [5, 5.41) is 5.38. The monoisotopic (exact) mass is 267 g/mol. The number of thiazole rings is 1. The van der Waals surface area contributed by atoms with Crippen molar-refractivity contribution >= 4 is 34.5 Å². The van der Waals surface area contributed by atoms with Crippen LogP contribution in [0.5, 0.6) is 0 Å². The minimum Gasteiger partial charge on any atom is -0.324 e. The summed E-state index contributed by atoms with van der Waals surface area (Å²) >= 11 is 7.08. The summed E-state index contributed by atoms with van der Waals surface area (Å²) in [6.45, 7) is 0. The fraction of sp³-hybridized carbons (Fsp3) is 0.182. The molecule has 0 aliphatic heterocycles. The zero-order chi connectivity index (χ0) is 12.1. The van der Waals surface area contributed by atoms with Crippen LogP contribution < -0.4 is 5.32 Å². The van der Waals surface area contributed by atoms with Crippen LogP contribution in [0.3, 0.4) is 0 Å². The number of rotatable bonds is 4. The van der Waals surface area contributed by atoms with E-state index >= 15 is 0 Å². The van der Waals surface area contributed by atoms with Gasteiger partial charge in [-0.2, -0.15) is 0 Å². The van der Waals surface area contributed by atoms with Crippen molar-refractivity contribution in [2.45, 2.75) is 12.3 Å². The summed E-state index contributed by atoms with van der Waals surface area (Å²) in [5.41, 5.74) is 1.49. The molecule has 4 nitrogen and oxygen atoms in total. The topological polar surface area (TPSA) is 54.9 Å². The van der Waals surface area contributed by atoms with E-state index in [1.165, 1.54) is 11.3 Å². The van der Waals surface area contributed by atoms with Crippen molar-refractivity contribution < 1.29 is 4.79 Å². The number of halogens is 1. The molecule has 0 aliphatic rings. The minimum atomic E-state index is -0.103. The maximum atomic E-state index is 11.7. The smallest absolute Gasteiger partial charge is 0.231 e. The van der Waals surface area contributed by atoms with Crippen LogP contribution in [0.4, 0.5) is 5.69 Å². The first-order chi connectivity index (χ1) is 8.28. The Morgan fingerprint density at radius 2 is 2.41 bits per heavy atom. The molecule has 0 saturated heterocycles. The Labute approximate surface area is 108 Å². The Morgan fingerprint density at radius 1 is 1.53 bits per heavy atom. The quantitative estimate of drug-likeness (QED) is 0.866. The Morgan fingerprint density at radius 3 is 3.06 bits per heavy atom. The number of pyridine rings is 1. The van der Waals surface area contributed by atoms with E-state index < -0.39 is 0 Å². The minimum absolute atomic E-state index is 0.103. The summed E-state index contributed by atoms with van der Waals surface area (Å²) in [7, 11) is 0. The number of aromatic nitrogens is 2. The lowest BCUT2D eigenvalue weighted by Crippen LogP contribution is -2.14. The lowest BCUT2D eigenvalue weighted by molar-refractivity contribution is -0.115. The van der Waals surface area contributed by atoms with Crippen LogP contribution in [-0.2, 0) is 17.1 Å². The van der Waals surface area contributed by atoms with E-state index in [2.05, 4.69) is 15.3 Å². The maximum Gasteiger partial charge on any atom is 0.231 e. The normalized spacial score (nSPS) is 10.2. The highest BCUT2D eigenvalue weighted by Gasteiger charge is 2.07. The van der Waals surface area contributed by atoms with E-state index in [1.54, 1.807) is 24.5 Å². The number of amides is 1. The molecule has 0 unspecified atom stereocenters. The summed E-state index contributed by atoms with van der Waals surface area (Å²) in [5.74, 6) is 0.272. The molecule has 0 aliphatic carbocycles. The Bertz CT molecular complexity index is 500. The van der Waals surface area contributed by atoms with Crippen molar-refractivity contribution in [3.05, 3.63) is 40.6 Å². The number of hydrogen-bond acceptors (Lipinski definition) is 4. The van der Waals surface area contributed by atoms with E-state index in [1.807, 2.05) is 5.38 Å². The van der Waals surface area contributed by atoms with Gasteiger partial charge in [0.05, 0.1) is 29.9 Å². The second kappa shape index (κ2) is 5.75. The zero-order valence-electron chi connectivity index (χ0n) is 8.89. The van der Waals surface area contributed by atoms with Crippen LogP contribution in [0.15, 0.2) is 29.9 Å². The third-order valence-corrected chi connectivity index (χ3v) is 3.16. The van der Waals surface area contributed by atoms with Gasteiger partial charge in [-0.1, -0.05) is 0 Å². The van der Waals surface area contributed by atoms with Crippen LogP contribution in [0.25, 0.3) is 0 Å². The zero-order valence-corrected chi connectivity index (χ0v) is 10.5. The molecule has 0 bridgehead atoms. The number of carbonyl (C=O) groups excluding carboxylic acids is 1. The van der Waals surface area contributed by atoms with Gasteiger partial charge in [-0.05, 0) is 12.1 Å². The van der Waals surface area contributed by atoms with Crippen LogP contribution in [-0.4, -0.2) is 15.9 Å². The second-order valence-corrected chi connectivity index (χ2v) is 4.54. The molecular weight excluding hydrogens is 258 g/mol. The lowest BCUT2D eigenvalue weighted by atomic mass is 10.3. The van der Waals surface area contributed by atoms with Crippen molar-refractivity contribution in [3.63, 3.8) is 0 Å². The molecule has 2 rings (SSSR count). The van der Waals surface area contributed by atoms with Gasteiger partial charge < -0.3 is 5.32 Å². The van der Waals surface area contributed by atoms with E-state index in [-0.39, 0.29) is 12.3 Å². The molecule has 88 valence electrons. The molecule has 2 aromatic rings. The molecule has 1 N–H and O–H groups in total. The van der Waals surface area contributed by atoms with Gasteiger partial charge in [-0.25, -0.2) is 4.98 Å². The number of carbonyl (C=O) groups is 1. The number of hydrogen-bond donors (Lipinski definition) is 1. The molecule has 2 heterocycles. The second-order valence-electron chi connectivity index (χ2n) is 3.33. The highest BCUT2D eigenvalue weighted by Crippen LogP contribution is 2.13. The lowest BCUT2D eigenvalue weighted by Gasteiger charge is -2.02. The third-order valence-electron chi connectivity index (χ3n) is 1.99. The molecule has 2 aromatic heterocycles. The summed E-state index contributed by atoms with van der Waals surface area (Å²) in [6.07, 6.45) is 3.52. The highest BCUT2D eigenvalue weighted by molar-refractivity contribution is 7.09. The van der Waals surface area contributed by atoms with Crippen LogP contribution >= 0.6 is 22.9 Å². The van der Waals surface area contributed by atoms with Gasteiger partial charge in [-0.3, -0.25) is 9.78 Å². The Kier molecular flexibility index (Phi) is 4.06. The van der Waals surface area contributed by atoms with Gasteiger partial charge in [0.2, 0.25) is 5.91 Å². The van der Waals surface area contributed by atoms with Crippen molar-refractivity contribution in [3.8, 4) is 0 Å². The van der Waals surface area contributed by atoms with E-state index in [4.69, 9.17) is 11.6 Å². The summed E-state index contributed by atoms with van der Waals surface area (Å²) < 4.78 is 0. The van der Waals surface area contributed by atoms with Gasteiger partial charge in [0.15, 0.2) is 0 Å². The molecule has 6 heteroatoms. The van der Waals surface area contributed by atoms with E-state index in [0.717, 1.165) is 10.7 Å². The van der Waals surface area contributed by atoms with Gasteiger partial charge in [0, 0.05) is 11.6 Å². The van der Waals surface area contributed by atoms with Crippen molar-refractivity contribution in [2.75, 3.05) is 5.32 Å².